The fourth-order valence-electron chi connectivity index (χ4n) is 3.03. The first-order valence-electron chi connectivity index (χ1n) is 9.77. The third-order valence-electron chi connectivity index (χ3n) is 4.77. The summed E-state index contributed by atoms with van der Waals surface area (Å²) >= 11 is 0. The highest BCUT2D eigenvalue weighted by Gasteiger charge is 2.24. The summed E-state index contributed by atoms with van der Waals surface area (Å²) < 4.78 is 38.2. The van der Waals surface area contributed by atoms with Gasteiger partial charge in [0.2, 0.25) is 5.09 Å². The van der Waals surface area contributed by atoms with Gasteiger partial charge in [0, 0.05) is 24.0 Å². The van der Waals surface area contributed by atoms with Crippen LogP contribution in [0.5, 0.6) is 5.75 Å². The Kier molecular flexibility index (Phi) is 6.04. The third-order valence-corrected chi connectivity index (χ3v) is 5.95. The molecular weight excluding hydrogens is 428 g/mol. The summed E-state index contributed by atoms with van der Waals surface area (Å²) in [7, 11) is -4.18. The highest BCUT2D eigenvalue weighted by molar-refractivity contribution is 7.90. The molecule has 0 bridgehead atoms. The van der Waals surface area contributed by atoms with Crippen LogP contribution < -0.4 is 9.46 Å². The molecule has 2 aromatic heterocycles. The number of rotatable bonds is 7. The average molecular weight is 449 g/mol. The maximum Gasteiger partial charge on any atom is 0.297 e. The van der Waals surface area contributed by atoms with Gasteiger partial charge in [-0.05, 0) is 42.3 Å². The quantitative estimate of drug-likeness (QED) is 0.451. The normalized spacial score (nSPS) is 11.2. The summed E-state index contributed by atoms with van der Waals surface area (Å²) in [6, 6.07) is 22.0. The van der Waals surface area contributed by atoms with Crippen LogP contribution in [0.1, 0.15) is 21.7 Å². The second-order valence-corrected chi connectivity index (χ2v) is 8.62. The molecule has 0 unspecified atom stereocenters. The molecule has 0 radical (unpaired) electrons. The molecule has 162 valence electrons. The van der Waals surface area contributed by atoms with Gasteiger partial charge in [-0.15, -0.1) is 0 Å². The Balaban J connectivity index is 1.43. The van der Waals surface area contributed by atoms with Crippen LogP contribution in [0.25, 0.3) is 11.1 Å². The van der Waals surface area contributed by atoms with Crippen LogP contribution in [0.15, 0.2) is 94.7 Å². The number of hydrogen-bond acceptors (Lipinski definition) is 6. The minimum Gasteiger partial charge on any atom is -0.489 e. The molecule has 1 N–H and O–H groups in total. The lowest BCUT2D eigenvalue weighted by Gasteiger charge is -2.07. The molecule has 0 spiro atoms. The Morgan fingerprint density at radius 1 is 1.00 bits per heavy atom. The number of carbonyl (C=O) groups is 1. The number of hydrogen-bond donors (Lipinski definition) is 1. The van der Waals surface area contributed by atoms with E-state index in [1.165, 1.54) is 24.5 Å². The van der Waals surface area contributed by atoms with Crippen molar-refractivity contribution in [3.8, 4) is 16.9 Å². The van der Waals surface area contributed by atoms with Gasteiger partial charge in [-0.1, -0.05) is 42.5 Å². The summed E-state index contributed by atoms with van der Waals surface area (Å²) in [6.07, 6.45) is 2.77. The Morgan fingerprint density at radius 3 is 2.41 bits per heavy atom. The van der Waals surface area contributed by atoms with Gasteiger partial charge in [0.1, 0.15) is 18.1 Å². The van der Waals surface area contributed by atoms with Crippen molar-refractivity contribution in [1.29, 1.82) is 0 Å². The molecule has 0 aliphatic rings. The first-order valence-corrected chi connectivity index (χ1v) is 11.3. The zero-order valence-electron chi connectivity index (χ0n) is 17.2. The van der Waals surface area contributed by atoms with Crippen molar-refractivity contribution in [2.75, 3.05) is 0 Å². The average Bonchev–Trinajstić information content (AvgIpc) is 3.20. The lowest BCUT2D eigenvalue weighted by molar-refractivity contribution is 0.0980. The summed E-state index contributed by atoms with van der Waals surface area (Å²) in [4.78, 5) is 16.0. The number of aryl methyl sites for hydroxylation is 1. The molecule has 2 aromatic carbocycles. The third kappa shape index (κ3) is 4.87. The van der Waals surface area contributed by atoms with E-state index in [0.29, 0.717) is 17.1 Å². The molecule has 0 saturated heterocycles. The molecule has 7 nitrogen and oxygen atoms in total. The van der Waals surface area contributed by atoms with Crippen LogP contribution in [0.2, 0.25) is 0 Å². The summed E-state index contributed by atoms with van der Waals surface area (Å²) in [5.74, 6) is 0.239. The smallest absolute Gasteiger partial charge is 0.297 e. The summed E-state index contributed by atoms with van der Waals surface area (Å²) in [5.41, 5.74) is 2.86. The van der Waals surface area contributed by atoms with Crippen LogP contribution >= 0.6 is 0 Å². The zero-order valence-corrected chi connectivity index (χ0v) is 18.0. The van der Waals surface area contributed by atoms with Crippen LogP contribution in [-0.2, 0) is 16.6 Å². The van der Waals surface area contributed by atoms with E-state index in [4.69, 9.17) is 9.15 Å². The zero-order chi connectivity index (χ0) is 22.6. The molecule has 2 heterocycles. The van der Waals surface area contributed by atoms with Crippen molar-refractivity contribution in [1.82, 2.24) is 9.71 Å². The van der Waals surface area contributed by atoms with Gasteiger partial charge in [0.25, 0.3) is 15.9 Å². The van der Waals surface area contributed by atoms with Gasteiger partial charge in [0.15, 0.2) is 0 Å². The summed E-state index contributed by atoms with van der Waals surface area (Å²) in [6.45, 7) is 1.76. The van der Waals surface area contributed by atoms with Crippen LogP contribution in [0.4, 0.5) is 0 Å². The second kappa shape index (κ2) is 9.07. The molecule has 8 heteroatoms. The minimum absolute atomic E-state index is 0.117. The van der Waals surface area contributed by atoms with Crippen LogP contribution in [-0.4, -0.2) is 19.3 Å². The van der Waals surface area contributed by atoms with E-state index in [9.17, 15) is 13.2 Å². The number of carbonyl (C=O) groups excluding carboxylic acids is 1. The lowest BCUT2D eigenvalue weighted by atomic mass is 10.1. The first-order chi connectivity index (χ1) is 15.4. The van der Waals surface area contributed by atoms with Gasteiger partial charge in [-0.2, -0.15) is 8.42 Å². The number of aromatic nitrogens is 1. The maximum absolute atomic E-state index is 12.5. The lowest BCUT2D eigenvalue weighted by Crippen LogP contribution is -2.30. The number of sulfonamides is 1. The number of benzene rings is 2. The van der Waals surface area contributed by atoms with Crippen molar-refractivity contribution >= 4 is 15.9 Å². The SMILES string of the molecule is Cc1oc(S(=O)(=O)NC(=O)c2cccnc2)cc1COc1ccc(-c2ccccc2)cc1. The highest BCUT2D eigenvalue weighted by Crippen LogP contribution is 2.24. The van der Waals surface area contributed by atoms with E-state index in [-0.39, 0.29) is 17.3 Å². The fourth-order valence-corrected chi connectivity index (χ4v) is 4.02. The fraction of sp³-hybridized carbons (Fsp3) is 0.0833. The van der Waals surface area contributed by atoms with Crippen molar-refractivity contribution < 1.29 is 22.4 Å². The van der Waals surface area contributed by atoms with E-state index in [1.54, 1.807) is 13.0 Å². The highest BCUT2D eigenvalue weighted by atomic mass is 32.2. The Labute approximate surface area is 185 Å². The Hall–Kier alpha value is -3.91. The molecule has 0 atom stereocenters. The van der Waals surface area contributed by atoms with Gasteiger partial charge < -0.3 is 9.15 Å². The Morgan fingerprint density at radius 2 is 1.72 bits per heavy atom. The predicted octanol–water partition coefficient (Wildman–Crippen LogP) is 4.35. The number of nitrogens with one attached hydrogen (secondary N) is 1. The van der Waals surface area contributed by atoms with E-state index >= 15 is 0 Å². The van der Waals surface area contributed by atoms with Crippen LogP contribution in [0, 0.1) is 6.92 Å². The van der Waals surface area contributed by atoms with Crippen molar-refractivity contribution in [3.63, 3.8) is 0 Å². The largest absolute Gasteiger partial charge is 0.489 e. The number of pyridine rings is 1. The molecule has 1 amide bonds. The van der Waals surface area contributed by atoms with E-state index in [2.05, 4.69) is 4.98 Å². The van der Waals surface area contributed by atoms with Crippen LogP contribution in [0.3, 0.4) is 0 Å². The number of furan rings is 1. The van der Waals surface area contributed by atoms with Crippen molar-refractivity contribution in [2.45, 2.75) is 18.6 Å². The topological polar surface area (TPSA) is 98.5 Å². The van der Waals surface area contributed by atoms with Gasteiger partial charge in [0.05, 0.1) is 5.56 Å². The number of amides is 1. The molecule has 4 rings (SSSR count). The van der Waals surface area contributed by atoms with Crippen molar-refractivity contribution in [3.05, 3.63) is 102 Å². The molecule has 0 fully saturated rings. The van der Waals surface area contributed by atoms with Gasteiger partial charge in [-0.25, -0.2) is 4.72 Å². The van der Waals surface area contributed by atoms with E-state index in [1.807, 2.05) is 59.3 Å². The number of ether oxygens (including phenoxy) is 1. The number of nitrogens with zero attached hydrogens (tertiary/aromatic N) is 1. The molecular formula is C24H20N2O5S. The van der Waals surface area contributed by atoms with E-state index < -0.39 is 15.9 Å². The molecule has 0 saturated carbocycles. The van der Waals surface area contributed by atoms with Crippen molar-refractivity contribution in [2.24, 2.45) is 0 Å². The minimum atomic E-state index is -4.18. The van der Waals surface area contributed by atoms with Gasteiger partial charge >= 0.3 is 0 Å². The molecule has 0 aliphatic heterocycles. The monoisotopic (exact) mass is 448 g/mol. The predicted molar refractivity (Wildman–Crippen MR) is 119 cm³/mol. The van der Waals surface area contributed by atoms with Gasteiger partial charge in [-0.3, -0.25) is 9.78 Å². The standard InChI is InChI=1S/C24H20N2O5S/c1-17-21(16-30-22-11-9-19(10-12-22)18-6-3-2-4-7-18)14-23(31-17)32(28,29)26-24(27)20-8-5-13-25-15-20/h2-15H,16H2,1H3,(H,26,27). The molecule has 0 aliphatic carbocycles. The second-order valence-electron chi connectivity index (χ2n) is 7.00. The summed E-state index contributed by atoms with van der Waals surface area (Å²) in [5, 5.41) is -0.356. The maximum atomic E-state index is 12.5. The Bertz CT molecular complexity index is 1320. The molecule has 32 heavy (non-hydrogen) atoms. The first kappa shape index (κ1) is 21.3. The van der Waals surface area contributed by atoms with E-state index in [0.717, 1.165) is 11.1 Å². The molecule has 4 aromatic rings.